The van der Waals surface area contributed by atoms with Gasteiger partial charge in [0, 0.05) is 30.3 Å². The van der Waals surface area contributed by atoms with Crippen LogP contribution in [-0.2, 0) is 14.6 Å². The second-order valence-electron chi connectivity index (χ2n) is 6.35. The lowest BCUT2D eigenvalue weighted by atomic mass is 10.1. The highest BCUT2D eigenvalue weighted by molar-refractivity contribution is 7.91. The molecule has 1 aliphatic rings. The Morgan fingerprint density at radius 2 is 1.67 bits per heavy atom. The number of amides is 1. The molecule has 1 amide bonds. The SMILES string of the molecule is O=C(/C=C/c1ccccc1F)N1CCC(c2ccccc2F)S(=O)(=O)CC1. The summed E-state index contributed by atoms with van der Waals surface area (Å²) in [6.07, 6.45) is 2.71. The molecule has 0 bridgehead atoms. The maximum atomic E-state index is 14.1. The average Bonchev–Trinajstić information content (AvgIpc) is 2.79. The first-order chi connectivity index (χ1) is 12.9. The summed E-state index contributed by atoms with van der Waals surface area (Å²) in [4.78, 5) is 13.8. The molecule has 1 aliphatic heterocycles. The van der Waals surface area contributed by atoms with E-state index in [1.54, 1.807) is 24.3 Å². The van der Waals surface area contributed by atoms with Gasteiger partial charge in [-0.1, -0.05) is 36.4 Å². The molecule has 0 spiro atoms. The lowest BCUT2D eigenvalue weighted by molar-refractivity contribution is -0.125. The normalized spacial score (nSPS) is 19.8. The summed E-state index contributed by atoms with van der Waals surface area (Å²) in [6.45, 7) is 0.201. The number of nitrogens with zero attached hydrogens (tertiary/aromatic N) is 1. The van der Waals surface area contributed by atoms with Gasteiger partial charge in [0.15, 0.2) is 9.84 Å². The van der Waals surface area contributed by atoms with Crippen LogP contribution in [0.25, 0.3) is 6.08 Å². The number of hydrogen-bond donors (Lipinski definition) is 0. The molecule has 7 heteroatoms. The molecule has 1 saturated heterocycles. The molecule has 142 valence electrons. The second kappa shape index (κ2) is 8.00. The summed E-state index contributed by atoms with van der Waals surface area (Å²) in [6, 6.07) is 11.8. The van der Waals surface area contributed by atoms with Gasteiger partial charge < -0.3 is 4.90 Å². The number of benzene rings is 2. The molecule has 3 rings (SSSR count). The average molecular weight is 391 g/mol. The Balaban J connectivity index is 1.76. The summed E-state index contributed by atoms with van der Waals surface area (Å²) in [5, 5.41) is -0.980. The third-order valence-electron chi connectivity index (χ3n) is 4.61. The monoisotopic (exact) mass is 391 g/mol. The summed E-state index contributed by atoms with van der Waals surface area (Å²) in [7, 11) is -3.59. The van der Waals surface area contributed by atoms with Crippen molar-refractivity contribution in [2.45, 2.75) is 11.7 Å². The van der Waals surface area contributed by atoms with Gasteiger partial charge in [-0.05, 0) is 24.6 Å². The minimum atomic E-state index is -3.59. The van der Waals surface area contributed by atoms with Crippen molar-refractivity contribution in [3.63, 3.8) is 0 Å². The van der Waals surface area contributed by atoms with Gasteiger partial charge in [-0.25, -0.2) is 17.2 Å². The summed E-state index contributed by atoms with van der Waals surface area (Å²) >= 11 is 0. The van der Waals surface area contributed by atoms with E-state index in [9.17, 15) is 22.0 Å². The van der Waals surface area contributed by atoms with E-state index in [0.717, 1.165) is 0 Å². The first kappa shape index (κ1) is 19.2. The lowest BCUT2D eigenvalue weighted by Gasteiger charge is -2.18. The van der Waals surface area contributed by atoms with E-state index < -0.39 is 32.6 Å². The van der Waals surface area contributed by atoms with Gasteiger partial charge in [0.2, 0.25) is 5.91 Å². The minimum Gasteiger partial charge on any atom is -0.338 e. The quantitative estimate of drug-likeness (QED) is 0.754. The zero-order valence-corrected chi connectivity index (χ0v) is 15.3. The van der Waals surface area contributed by atoms with E-state index in [1.807, 2.05) is 0 Å². The fourth-order valence-electron chi connectivity index (χ4n) is 3.13. The largest absolute Gasteiger partial charge is 0.338 e. The van der Waals surface area contributed by atoms with E-state index in [-0.39, 0.29) is 36.4 Å². The fourth-order valence-corrected chi connectivity index (χ4v) is 4.93. The standard InChI is InChI=1S/C20H19F2NO3S/c21-17-7-3-1-5-15(17)9-10-20(24)23-12-11-19(27(25,26)14-13-23)16-6-2-4-8-18(16)22/h1-10,19H,11-14H2/b10-9+. The number of carbonyl (C=O) groups is 1. The van der Waals surface area contributed by atoms with Crippen molar-refractivity contribution in [2.24, 2.45) is 0 Å². The third kappa shape index (κ3) is 4.42. The number of sulfone groups is 1. The van der Waals surface area contributed by atoms with Gasteiger partial charge in [0.1, 0.15) is 11.6 Å². The van der Waals surface area contributed by atoms with Crippen LogP contribution in [0.4, 0.5) is 8.78 Å². The summed E-state index contributed by atoms with van der Waals surface area (Å²) in [5.74, 6) is -1.65. The van der Waals surface area contributed by atoms with Gasteiger partial charge in [-0.3, -0.25) is 4.79 Å². The summed E-state index contributed by atoms with van der Waals surface area (Å²) in [5.41, 5.74) is 0.409. The molecule has 0 saturated carbocycles. The molecule has 0 aliphatic carbocycles. The van der Waals surface area contributed by atoms with Crippen LogP contribution in [-0.4, -0.2) is 38.1 Å². The first-order valence-electron chi connectivity index (χ1n) is 8.56. The molecule has 2 aromatic rings. The van der Waals surface area contributed by atoms with E-state index >= 15 is 0 Å². The van der Waals surface area contributed by atoms with Crippen molar-refractivity contribution >= 4 is 21.8 Å². The molecule has 1 fully saturated rings. The van der Waals surface area contributed by atoms with E-state index in [2.05, 4.69) is 0 Å². The molecule has 4 nitrogen and oxygen atoms in total. The highest BCUT2D eigenvalue weighted by Gasteiger charge is 2.33. The van der Waals surface area contributed by atoms with Crippen LogP contribution in [0.1, 0.15) is 22.8 Å². The number of halogens is 2. The molecule has 1 atom stereocenters. The minimum absolute atomic E-state index is 0.0216. The molecule has 2 aromatic carbocycles. The van der Waals surface area contributed by atoms with Crippen molar-refractivity contribution in [1.29, 1.82) is 0 Å². The highest BCUT2D eigenvalue weighted by Crippen LogP contribution is 2.31. The first-order valence-corrected chi connectivity index (χ1v) is 10.3. The summed E-state index contributed by atoms with van der Waals surface area (Å²) < 4.78 is 52.8. The van der Waals surface area contributed by atoms with Gasteiger partial charge in [-0.2, -0.15) is 0 Å². The maximum Gasteiger partial charge on any atom is 0.246 e. The zero-order chi connectivity index (χ0) is 19.4. The van der Waals surface area contributed by atoms with E-state index in [4.69, 9.17) is 0 Å². The topological polar surface area (TPSA) is 54.5 Å². The Bertz CT molecular complexity index is 973. The Labute approximate surface area is 157 Å². The van der Waals surface area contributed by atoms with Gasteiger partial charge in [-0.15, -0.1) is 0 Å². The van der Waals surface area contributed by atoms with Crippen molar-refractivity contribution in [1.82, 2.24) is 4.90 Å². The predicted octanol–water partition coefficient (Wildman–Crippen LogP) is 3.37. The lowest BCUT2D eigenvalue weighted by Crippen LogP contribution is -2.32. The Morgan fingerprint density at radius 1 is 1.00 bits per heavy atom. The number of carbonyl (C=O) groups excluding carboxylic acids is 1. The number of rotatable bonds is 3. The maximum absolute atomic E-state index is 14.1. The van der Waals surface area contributed by atoms with E-state index in [1.165, 1.54) is 41.3 Å². The highest BCUT2D eigenvalue weighted by atomic mass is 32.2. The van der Waals surface area contributed by atoms with Crippen molar-refractivity contribution < 1.29 is 22.0 Å². The van der Waals surface area contributed by atoms with Crippen molar-refractivity contribution in [3.05, 3.63) is 77.4 Å². The van der Waals surface area contributed by atoms with Crippen molar-refractivity contribution in [2.75, 3.05) is 18.8 Å². The molecular formula is C20H19F2NO3S. The molecule has 0 N–H and O–H groups in total. The molecule has 1 heterocycles. The predicted molar refractivity (Wildman–Crippen MR) is 99.6 cm³/mol. The second-order valence-corrected chi connectivity index (χ2v) is 8.65. The van der Waals surface area contributed by atoms with Crippen LogP contribution in [0.15, 0.2) is 54.6 Å². The molecule has 1 unspecified atom stereocenters. The third-order valence-corrected chi connectivity index (χ3v) is 6.72. The number of hydrogen-bond acceptors (Lipinski definition) is 3. The van der Waals surface area contributed by atoms with Crippen LogP contribution in [0, 0.1) is 11.6 Å². The fraction of sp³-hybridized carbons (Fsp3) is 0.250. The van der Waals surface area contributed by atoms with Crippen LogP contribution in [0.5, 0.6) is 0 Å². The molecule has 0 aromatic heterocycles. The van der Waals surface area contributed by atoms with E-state index in [0.29, 0.717) is 0 Å². The smallest absolute Gasteiger partial charge is 0.246 e. The van der Waals surface area contributed by atoms with Gasteiger partial charge >= 0.3 is 0 Å². The molecule has 27 heavy (non-hydrogen) atoms. The van der Waals surface area contributed by atoms with Crippen LogP contribution in [0.3, 0.4) is 0 Å². The Kier molecular flexibility index (Phi) is 5.70. The zero-order valence-electron chi connectivity index (χ0n) is 14.5. The van der Waals surface area contributed by atoms with Crippen LogP contribution < -0.4 is 0 Å². The van der Waals surface area contributed by atoms with Crippen LogP contribution >= 0.6 is 0 Å². The van der Waals surface area contributed by atoms with Crippen molar-refractivity contribution in [3.8, 4) is 0 Å². The Morgan fingerprint density at radius 3 is 2.37 bits per heavy atom. The molecular weight excluding hydrogens is 372 g/mol. The van der Waals surface area contributed by atoms with Gasteiger partial charge in [0.05, 0.1) is 11.0 Å². The molecule has 0 radical (unpaired) electrons. The Hall–Kier alpha value is -2.54. The van der Waals surface area contributed by atoms with Crippen LogP contribution in [0.2, 0.25) is 0 Å². The van der Waals surface area contributed by atoms with Gasteiger partial charge in [0.25, 0.3) is 0 Å².